The van der Waals surface area contributed by atoms with Crippen LogP contribution >= 0.6 is 11.6 Å². The van der Waals surface area contributed by atoms with Crippen molar-refractivity contribution in [1.82, 2.24) is 9.80 Å². The summed E-state index contributed by atoms with van der Waals surface area (Å²) in [6, 6.07) is 2.55. The number of aryl methyl sites for hydroxylation is 1. The first-order valence-corrected chi connectivity index (χ1v) is 6.30. The summed E-state index contributed by atoms with van der Waals surface area (Å²) >= 11 is 6.08. The van der Waals surface area contributed by atoms with Gasteiger partial charge in [-0.1, -0.05) is 11.6 Å². The molecule has 0 unspecified atom stereocenters. The third kappa shape index (κ3) is 2.65. The Hall–Kier alpha value is -1.13. The van der Waals surface area contributed by atoms with Gasteiger partial charge in [-0.25, -0.2) is 4.39 Å². The second-order valence-corrected chi connectivity index (χ2v) is 5.06. The standard InChI is InChI=1S/C13H16ClFN2O/c1-9-7-10(15)8-11(12(9)14)13(18)17-5-3-16(2)4-6-17/h7-8H,3-6H2,1-2H3. The van der Waals surface area contributed by atoms with Crippen molar-refractivity contribution in [2.75, 3.05) is 33.2 Å². The van der Waals surface area contributed by atoms with Crippen LogP contribution in [0.1, 0.15) is 15.9 Å². The van der Waals surface area contributed by atoms with E-state index in [0.717, 1.165) is 13.1 Å². The minimum atomic E-state index is -0.422. The van der Waals surface area contributed by atoms with Crippen LogP contribution in [-0.2, 0) is 0 Å². The minimum Gasteiger partial charge on any atom is -0.336 e. The average Bonchev–Trinajstić information content (AvgIpc) is 2.34. The number of piperazine rings is 1. The molecule has 1 aliphatic rings. The van der Waals surface area contributed by atoms with Gasteiger partial charge in [-0.2, -0.15) is 0 Å². The van der Waals surface area contributed by atoms with E-state index in [1.165, 1.54) is 12.1 Å². The summed E-state index contributed by atoms with van der Waals surface area (Å²) in [4.78, 5) is 16.2. The Labute approximate surface area is 111 Å². The Morgan fingerprint density at radius 2 is 1.89 bits per heavy atom. The second kappa shape index (κ2) is 5.24. The Kier molecular flexibility index (Phi) is 3.88. The van der Waals surface area contributed by atoms with Gasteiger partial charge < -0.3 is 9.80 Å². The predicted octanol–water partition coefficient (Wildman–Crippen LogP) is 2.18. The molecular formula is C13H16ClFN2O. The molecule has 0 radical (unpaired) electrons. The Bertz CT molecular complexity index is 470. The van der Waals surface area contributed by atoms with E-state index in [1.54, 1.807) is 11.8 Å². The van der Waals surface area contributed by atoms with Gasteiger partial charge in [0.2, 0.25) is 0 Å². The van der Waals surface area contributed by atoms with Crippen molar-refractivity contribution in [3.05, 3.63) is 34.1 Å². The van der Waals surface area contributed by atoms with Gasteiger partial charge in [-0.15, -0.1) is 0 Å². The largest absolute Gasteiger partial charge is 0.336 e. The lowest BCUT2D eigenvalue weighted by atomic mass is 10.1. The van der Waals surface area contributed by atoms with Gasteiger partial charge in [0.1, 0.15) is 5.82 Å². The molecule has 1 amide bonds. The SMILES string of the molecule is Cc1cc(F)cc(C(=O)N2CCN(C)CC2)c1Cl. The van der Waals surface area contributed by atoms with E-state index in [4.69, 9.17) is 11.6 Å². The quantitative estimate of drug-likeness (QED) is 0.781. The van der Waals surface area contributed by atoms with Gasteiger partial charge in [0.15, 0.2) is 0 Å². The van der Waals surface area contributed by atoms with E-state index in [0.29, 0.717) is 23.7 Å². The number of hydrogen-bond donors (Lipinski definition) is 0. The van der Waals surface area contributed by atoms with E-state index in [9.17, 15) is 9.18 Å². The molecule has 98 valence electrons. The highest BCUT2D eigenvalue weighted by Crippen LogP contribution is 2.24. The minimum absolute atomic E-state index is 0.185. The van der Waals surface area contributed by atoms with Gasteiger partial charge in [-0.05, 0) is 31.7 Å². The number of halogens is 2. The van der Waals surface area contributed by atoms with Crippen molar-refractivity contribution in [3.8, 4) is 0 Å². The summed E-state index contributed by atoms with van der Waals surface area (Å²) < 4.78 is 13.4. The van der Waals surface area contributed by atoms with Crippen molar-refractivity contribution in [2.24, 2.45) is 0 Å². The first-order chi connectivity index (χ1) is 8.49. The maximum atomic E-state index is 13.4. The number of likely N-dealkylation sites (N-methyl/N-ethyl adjacent to an activating group) is 1. The lowest BCUT2D eigenvalue weighted by Crippen LogP contribution is -2.47. The van der Waals surface area contributed by atoms with Gasteiger partial charge in [0.25, 0.3) is 5.91 Å². The first kappa shape index (κ1) is 13.3. The number of carbonyl (C=O) groups excluding carboxylic acids is 1. The summed E-state index contributed by atoms with van der Waals surface area (Å²) in [6.45, 7) is 4.67. The summed E-state index contributed by atoms with van der Waals surface area (Å²) in [5.74, 6) is -0.606. The van der Waals surface area contributed by atoms with Gasteiger partial charge >= 0.3 is 0 Å². The van der Waals surface area contributed by atoms with Crippen LogP contribution in [0.5, 0.6) is 0 Å². The zero-order valence-electron chi connectivity index (χ0n) is 10.5. The second-order valence-electron chi connectivity index (χ2n) is 4.68. The molecule has 1 aromatic rings. The van der Waals surface area contributed by atoms with Crippen LogP contribution in [0, 0.1) is 12.7 Å². The van der Waals surface area contributed by atoms with Crippen LogP contribution in [0.2, 0.25) is 5.02 Å². The van der Waals surface area contributed by atoms with Crippen molar-refractivity contribution in [2.45, 2.75) is 6.92 Å². The van der Waals surface area contributed by atoms with Crippen LogP contribution in [0.3, 0.4) is 0 Å². The Balaban J connectivity index is 2.23. The van der Waals surface area contributed by atoms with Crippen LogP contribution < -0.4 is 0 Å². The number of amides is 1. The molecule has 0 aliphatic carbocycles. The fraction of sp³-hybridized carbons (Fsp3) is 0.462. The summed E-state index contributed by atoms with van der Waals surface area (Å²) in [5.41, 5.74) is 0.855. The molecule has 3 nitrogen and oxygen atoms in total. The molecule has 0 N–H and O–H groups in total. The summed E-state index contributed by atoms with van der Waals surface area (Å²) in [5, 5.41) is 0.348. The zero-order chi connectivity index (χ0) is 13.3. The number of rotatable bonds is 1. The van der Waals surface area contributed by atoms with E-state index < -0.39 is 5.82 Å². The maximum Gasteiger partial charge on any atom is 0.255 e. The fourth-order valence-electron chi connectivity index (χ4n) is 2.06. The molecule has 0 bridgehead atoms. The normalized spacial score (nSPS) is 17.0. The molecule has 1 heterocycles. The topological polar surface area (TPSA) is 23.6 Å². The van der Waals surface area contributed by atoms with Crippen LogP contribution in [0.4, 0.5) is 4.39 Å². The highest BCUT2D eigenvalue weighted by atomic mass is 35.5. The number of carbonyl (C=O) groups is 1. The van der Waals surface area contributed by atoms with Crippen molar-refractivity contribution >= 4 is 17.5 Å². The smallest absolute Gasteiger partial charge is 0.255 e. The molecule has 0 saturated carbocycles. The van der Waals surface area contributed by atoms with E-state index in [-0.39, 0.29) is 11.5 Å². The van der Waals surface area contributed by atoms with Gasteiger partial charge in [0.05, 0.1) is 10.6 Å². The molecule has 0 spiro atoms. The zero-order valence-corrected chi connectivity index (χ0v) is 11.3. The highest BCUT2D eigenvalue weighted by Gasteiger charge is 2.23. The molecule has 1 aliphatic heterocycles. The Morgan fingerprint density at radius 3 is 2.50 bits per heavy atom. The monoisotopic (exact) mass is 270 g/mol. The number of benzene rings is 1. The molecule has 0 aromatic heterocycles. The molecule has 1 saturated heterocycles. The van der Waals surface area contributed by atoms with E-state index in [2.05, 4.69) is 4.90 Å². The van der Waals surface area contributed by atoms with E-state index in [1.807, 2.05) is 7.05 Å². The van der Waals surface area contributed by atoms with Gasteiger partial charge in [0, 0.05) is 26.2 Å². The predicted molar refractivity (Wildman–Crippen MR) is 69.5 cm³/mol. The van der Waals surface area contributed by atoms with Crippen LogP contribution in [0.15, 0.2) is 12.1 Å². The lowest BCUT2D eigenvalue weighted by molar-refractivity contribution is 0.0663. The maximum absolute atomic E-state index is 13.4. The van der Waals surface area contributed by atoms with Crippen molar-refractivity contribution in [3.63, 3.8) is 0 Å². The first-order valence-electron chi connectivity index (χ1n) is 5.92. The fourth-order valence-corrected chi connectivity index (χ4v) is 2.25. The summed E-state index contributed by atoms with van der Waals surface area (Å²) in [6.07, 6.45) is 0. The third-order valence-corrected chi connectivity index (χ3v) is 3.74. The average molecular weight is 271 g/mol. The van der Waals surface area contributed by atoms with E-state index >= 15 is 0 Å². The lowest BCUT2D eigenvalue weighted by Gasteiger charge is -2.32. The summed E-state index contributed by atoms with van der Waals surface area (Å²) in [7, 11) is 2.02. The van der Waals surface area contributed by atoms with Crippen molar-refractivity contribution in [1.29, 1.82) is 0 Å². The third-order valence-electron chi connectivity index (χ3n) is 3.24. The van der Waals surface area contributed by atoms with Gasteiger partial charge in [-0.3, -0.25) is 4.79 Å². The highest BCUT2D eigenvalue weighted by molar-refractivity contribution is 6.34. The molecule has 1 aromatic carbocycles. The van der Waals surface area contributed by atoms with Crippen molar-refractivity contribution < 1.29 is 9.18 Å². The molecule has 5 heteroatoms. The Morgan fingerprint density at radius 1 is 1.28 bits per heavy atom. The number of nitrogens with zero attached hydrogens (tertiary/aromatic N) is 2. The molecule has 1 fully saturated rings. The molecule has 18 heavy (non-hydrogen) atoms. The number of hydrogen-bond acceptors (Lipinski definition) is 2. The van der Waals surface area contributed by atoms with Crippen LogP contribution in [-0.4, -0.2) is 48.9 Å². The van der Waals surface area contributed by atoms with Crippen LogP contribution in [0.25, 0.3) is 0 Å². The molecule has 0 atom stereocenters. The molecular weight excluding hydrogens is 255 g/mol. The molecule has 2 rings (SSSR count).